The molecule has 1 amide bonds. The summed E-state index contributed by atoms with van der Waals surface area (Å²) in [6, 6.07) is 10.1. The van der Waals surface area contributed by atoms with Crippen molar-refractivity contribution in [2.45, 2.75) is 19.9 Å². The summed E-state index contributed by atoms with van der Waals surface area (Å²) in [4.78, 5) is 25.7. The van der Waals surface area contributed by atoms with Gasteiger partial charge in [0.1, 0.15) is 17.1 Å². The van der Waals surface area contributed by atoms with Gasteiger partial charge >= 0.3 is 0 Å². The Morgan fingerprint density at radius 2 is 1.75 bits per heavy atom. The first-order chi connectivity index (χ1) is 15.5. The smallest absolute Gasteiger partial charge is 0.280 e. The van der Waals surface area contributed by atoms with E-state index in [0.29, 0.717) is 46.7 Å². The molecule has 0 bridgehead atoms. The van der Waals surface area contributed by atoms with E-state index >= 15 is 0 Å². The number of rotatable bonds is 8. The molecule has 0 unspecified atom stereocenters. The summed E-state index contributed by atoms with van der Waals surface area (Å²) in [6.07, 6.45) is 2.04. The molecule has 2 N–H and O–H groups in total. The van der Waals surface area contributed by atoms with Crippen molar-refractivity contribution >= 4 is 23.0 Å². The van der Waals surface area contributed by atoms with Crippen LogP contribution in [0.15, 0.2) is 46.3 Å². The van der Waals surface area contributed by atoms with Crippen LogP contribution in [-0.4, -0.2) is 43.1 Å². The first-order valence-corrected chi connectivity index (χ1v) is 9.94. The van der Waals surface area contributed by atoms with Gasteiger partial charge in [0.05, 0.1) is 33.1 Å². The maximum Gasteiger partial charge on any atom is 0.280 e. The number of amides is 1. The molecule has 0 aliphatic carbocycles. The molecule has 3 aromatic rings. The molecule has 0 radical (unpaired) electrons. The van der Waals surface area contributed by atoms with E-state index in [1.165, 1.54) is 32.1 Å². The zero-order valence-electron chi connectivity index (χ0n) is 18.3. The van der Waals surface area contributed by atoms with E-state index in [9.17, 15) is 14.7 Å². The van der Waals surface area contributed by atoms with E-state index in [1.54, 1.807) is 36.4 Å². The summed E-state index contributed by atoms with van der Waals surface area (Å²) in [5, 5.41) is 15.0. The fourth-order valence-corrected chi connectivity index (χ4v) is 3.41. The molecule has 168 valence electrons. The third-order valence-electron chi connectivity index (χ3n) is 4.93. The van der Waals surface area contributed by atoms with Crippen LogP contribution in [0.4, 0.5) is 0 Å². The summed E-state index contributed by atoms with van der Waals surface area (Å²) < 4.78 is 17.3. The van der Waals surface area contributed by atoms with Crippen molar-refractivity contribution in [3.8, 4) is 23.0 Å². The highest BCUT2D eigenvalue weighted by molar-refractivity contribution is 6.02. The number of hydrogen-bond donors (Lipinski definition) is 2. The Balaban J connectivity index is 1.97. The lowest BCUT2D eigenvalue weighted by atomic mass is 10.1. The van der Waals surface area contributed by atoms with Crippen LogP contribution >= 0.6 is 0 Å². The van der Waals surface area contributed by atoms with Crippen LogP contribution in [0.25, 0.3) is 10.9 Å². The molecular formula is C23H25N3O6. The fraction of sp³-hybridized carbons (Fsp3) is 0.261. The maximum atomic E-state index is 13.0. The molecule has 0 fully saturated rings. The molecule has 1 aromatic heterocycles. The largest absolute Gasteiger partial charge is 0.506 e. The molecule has 32 heavy (non-hydrogen) atoms. The van der Waals surface area contributed by atoms with Crippen molar-refractivity contribution < 1.29 is 24.1 Å². The van der Waals surface area contributed by atoms with E-state index < -0.39 is 11.5 Å². The molecule has 9 nitrogen and oxygen atoms in total. The summed E-state index contributed by atoms with van der Waals surface area (Å²) in [5.41, 5.74) is 2.43. The summed E-state index contributed by atoms with van der Waals surface area (Å²) in [5.74, 6) is 0.173. The Morgan fingerprint density at radius 1 is 1.09 bits per heavy atom. The summed E-state index contributed by atoms with van der Waals surface area (Å²) >= 11 is 0. The maximum absolute atomic E-state index is 13.0. The number of para-hydroxylation sites is 1. The number of benzene rings is 2. The van der Waals surface area contributed by atoms with Gasteiger partial charge in [-0.3, -0.25) is 9.59 Å². The van der Waals surface area contributed by atoms with Crippen molar-refractivity contribution in [1.29, 1.82) is 0 Å². The number of methoxy groups -OCH3 is 3. The zero-order chi connectivity index (χ0) is 23.3. The van der Waals surface area contributed by atoms with Crippen molar-refractivity contribution in [2.75, 3.05) is 21.3 Å². The third kappa shape index (κ3) is 4.22. The zero-order valence-corrected chi connectivity index (χ0v) is 18.3. The second kappa shape index (κ2) is 9.86. The lowest BCUT2D eigenvalue weighted by molar-refractivity contribution is 0.0950. The number of aromatic hydroxyl groups is 1. The molecule has 0 spiro atoms. The highest BCUT2D eigenvalue weighted by atomic mass is 16.5. The lowest BCUT2D eigenvalue weighted by Crippen LogP contribution is -2.31. The SMILES string of the molecule is CCCn1c(=O)c(C(=O)N/N=C\c2cc(OC)c(OC)cc2OC)c(O)c2ccccc21. The predicted octanol–water partition coefficient (Wildman–Crippen LogP) is 2.91. The van der Waals surface area contributed by atoms with Crippen molar-refractivity contribution in [3.05, 3.63) is 57.9 Å². The number of nitrogens with zero attached hydrogens (tertiary/aromatic N) is 2. The Labute approximate surface area is 184 Å². The number of aryl methyl sites for hydroxylation is 1. The molecule has 3 rings (SSSR count). The average Bonchev–Trinajstić information content (AvgIpc) is 2.81. The number of carbonyl (C=O) groups excluding carboxylic acids is 1. The molecule has 2 aromatic carbocycles. The van der Waals surface area contributed by atoms with Crippen LogP contribution in [0.2, 0.25) is 0 Å². The first kappa shape index (κ1) is 22.7. The minimum absolute atomic E-state index is 0.367. The quantitative estimate of drug-likeness (QED) is 0.412. The van der Waals surface area contributed by atoms with E-state index in [4.69, 9.17) is 14.2 Å². The van der Waals surface area contributed by atoms with Gasteiger partial charge in [0.15, 0.2) is 11.5 Å². The lowest BCUT2D eigenvalue weighted by Gasteiger charge is -2.13. The van der Waals surface area contributed by atoms with Gasteiger partial charge in [-0.15, -0.1) is 0 Å². The highest BCUT2D eigenvalue weighted by Crippen LogP contribution is 2.33. The molecule has 0 saturated carbocycles. The first-order valence-electron chi connectivity index (χ1n) is 9.94. The minimum Gasteiger partial charge on any atom is -0.506 e. The second-order valence-electron chi connectivity index (χ2n) is 6.85. The Morgan fingerprint density at radius 3 is 2.41 bits per heavy atom. The van der Waals surface area contributed by atoms with Crippen LogP contribution in [0, 0.1) is 0 Å². The number of aromatic nitrogens is 1. The monoisotopic (exact) mass is 439 g/mol. The van der Waals surface area contributed by atoms with Crippen LogP contribution in [-0.2, 0) is 6.54 Å². The summed E-state index contributed by atoms with van der Waals surface area (Å²) in [6.45, 7) is 2.33. The standard InChI is InChI=1S/C23H25N3O6/c1-5-10-26-16-9-7-6-8-15(16)21(27)20(23(26)29)22(28)25-24-13-14-11-18(31-3)19(32-4)12-17(14)30-2/h6-9,11-13,27H,5,10H2,1-4H3,(H,25,28)/b24-13-. The molecule has 0 aliphatic rings. The van der Waals surface area contributed by atoms with Crippen LogP contribution in [0.1, 0.15) is 29.3 Å². The van der Waals surface area contributed by atoms with E-state index in [-0.39, 0.29) is 11.3 Å². The second-order valence-corrected chi connectivity index (χ2v) is 6.85. The van der Waals surface area contributed by atoms with Gasteiger partial charge in [0.25, 0.3) is 11.5 Å². The van der Waals surface area contributed by atoms with E-state index in [1.807, 2.05) is 6.92 Å². The van der Waals surface area contributed by atoms with E-state index in [0.717, 1.165) is 0 Å². The number of pyridine rings is 1. The van der Waals surface area contributed by atoms with Gasteiger partial charge in [0, 0.05) is 23.6 Å². The Hall–Kier alpha value is -4.01. The van der Waals surface area contributed by atoms with E-state index in [2.05, 4.69) is 10.5 Å². The Kier molecular flexibility index (Phi) is 6.99. The van der Waals surface area contributed by atoms with Gasteiger partial charge in [-0.25, -0.2) is 5.43 Å². The Bertz CT molecular complexity index is 1230. The van der Waals surface area contributed by atoms with Crippen LogP contribution < -0.4 is 25.2 Å². The molecule has 1 heterocycles. The third-order valence-corrected chi connectivity index (χ3v) is 4.93. The van der Waals surface area contributed by atoms with Crippen molar-refractivity contribution in [3.63, 3.8) is 0 Å². The van der Waals surface area contributed by atoms with Crippen LogP contribution in [0.3, 0.4) is 0 Å². The normalized spacial score (nSPS) is 11.0. The average molecular weight is 439 g/mol. The number of hydrogen-bond acceptors (Lipinski definition) is 7. The number of ether oxygens (including phenoxy) is 3. The molecule has 0 aliphatic heterocycles. The minimum atomic E-state index is -0.821. The fourth-order valence-electron chi connectivity index (χ4n) is 3.41. The highest BCUT2D eigenvalue weighted by Gasteiger charge is 2.21. The molecule has 9 heteroatoms. The molecular weight excluding hydrogens is 414 g/mol. The number of hydrazone groups is 1. The van der Waals surface area contributed by atoms with Crippen LogP contribution in [0.5, 0.6) is 23.0 Å². The summed E-state index contributed by atoms with van der Waals surface area (Å²) in [7, 11) is 4.49. The van der Waals surface area contributed by atoms with Gasteiger partial charge in [0.2, 0.25) is 0 Å². The predicted molar refractivity (Wildman–Crippen MR) is 121 cm³/mol. The van der Waals surface area contributed by atoms with Gasteiger partial charge in [-0.05, 0) is 24.6 Å². The number of carbonyl (C=O) groups is 1. The molecule has 0 saturated heterocycles. The van der Waals surface area contributed by atoms with Gasteiger partial charge in [-0.2, -0.15) is 5.10 Å². The number of nitrogens with one attached hydrogen (secondary N) is 1. The number of fused-ring (bicyclic) bond motifs is 1. The molecule has 0 atom stereocenters. The van der Waals surface area contributed by atoms with Crippen molar-refractivity contribution in [2.24, 2.45) is 5.10 Å². The van der Waals surface area contributed by atoms with Gasteiger partial charge in [-0.1, -0.05) is 19.1 Å². The van der Waals surface area contributed by atoms with Crippen molar-refractivity contribution in [1.82, 2.24) is 9.99 Å². The van der Waals surface area contributed by atoms with Gasteiger partial charge < -0.3 is 23.9 Å². The topological polar surface area (TPSA) is 111 Å².